The average Bonchev–Trinajstić information content (AvgIpc) is 2.53. The number of carboxylic acid groups (broad SMARTS) is 1. The summed E-state index contributed by atoms with van der Waals surface area (Å²) in [6.45, 7) is 1.86. The molecule has 0 aliphatic rings. The number of amides is 1. The molecule has 1 aromatic rings. The van der Waals surface area contributed by atoms with Crippen LogP contribution in [0.4, 0.5) is 5.69 Å². The van der Waals surface area contributed by atoms with Gasteiger partial charge in [0.25, 0.3) is 5.91 Å². The zero-order valence-corrected chi connectivity index (χ0v) is 16.3. The average molecular weight is 459 g/mol. The summed E-state index contributed by atoms with van der Waals surface area (Å²) in [5.74, 6) is -0.942. The highest BCUT2D eigenvalue weighted by atomic mass is 127. The molecule has 0 aliphatic heterocycles. The number of carboxylic acids is 1. The number of anilines is 1. The number of hydrogen-bond acceptors (Lipinski definition) is 5. The van der Waals surface area contributed by atoms with Crippen LogP contribution < -0.4 is 10.6 Å². The van der Waals surface area contributed by atoms with Crippen molar-refractivity contribution >= 4 is 51.9 Å². The van der Waals surface area contributed by atoms with E-state index in [0.29, 0.717) is 17.9 Å². The summed E-state index contributed by atoms with van der Waals surface area (Å²) in [4.78, 5) is 23.3. The SMILES string of the molecule is CSCCC(N/C=C(/C#N)C(=O)Nc1ccc(I)cc1C)C(=O)O. The van der Waals surface area contributed by atoms with Gasteiger partial charge in [-0.25, -0.2) is 4.79 Å². The van der Waals surface area contributed by atoms with Crippen molar-refractivity contribution in [1.29, 1.82) is 5.26 Å². The van der Waals surface area contributed by atoms with Crippen molar-refractivity contribution in [3.8, 4) is 6.07 Å². The number of carbonyl (C=O) groups excluding carboxylic acids is 1. The molecule has 0 aromatic heterocycles. The molecule has 24 heavy (non-hydrogen) atoms. The van der Waals surface area contributed by atoms with Gasteiger partial charge < -0.3 is 15.7 Å². The molecule has 1 unspecified atom stereocenters. The molecule has 1 atom stereocenters. The minimum Gasteiger partial charge on any atom is -0.480 e. The summed E-state index contributed by atoms with van der Waals surface area (Å²) in [6, 6.07) is 6.47. The van der Waals surface area contributed by atoms with Crippen LogP contribution >= 0.6 is 34.4 Å². The maximum atomic E-state index is 12.2. The quantitative estimate of drug-likeness (QED) is 0.314. The van der Waals surface area contributed by atoms with Gasteiger partial charge in [0.15, 0.2) is 0 Å². The first kappa shape index (κ1) is 20.3. The second-order valence-electron chi connectivity index (χ2n) is 4.92. The van der Waals surface area contributed by atoms with Crippen molar-refractivity contribution in [2.45, 2.75) is 19.4 Å². The predicted octanol–water partition coefficient (Wildman–Crippen LogP) is 2.74. The number of hydrogen-bond donors (Lipinski definition) is 3. The summed E-state index contributed by atoms with van der Waals surface area (Å²) >= 11 is 3.70. The molecule has 0 fully saturated rings. The van der Waals surface area contributed by atoms with Crippen molar-refractivity contribution in [2.24, 2.45) is 0 Å². The molecule has 3 N–H and O–H groups in total. The first-order valence-corrected chi connectivity index (χ1v) is 9.51. The number of carbonyl (C=O) groups is 2. The fourth-order valence-electron chi connectivity index (χ4n) is 1.80. The third kappa shape index (κ3) is 6.41. The molecule has 0 aliphatic carbocycles. The van der Waals surface area contributed by atoms with Crippen LogP contribution in [-0.2, 0) is 9.59 Å². The molecular formula is C16H18IN3O3S. The van der Waals surface area contributed by atoms with Gasteiger partial charge in [-0.15, -0.1) is 0 Å². The fraction of sp³-hybridized carbons (Fsp3) is 0.312. The number of nitriles is 1. The van der Waals surface area contributed by atoms with Gasteiger partial charge in [0.2, 0.25) is 0 Å². The molecule has 0 saturated heterocycles. The van der Waals surface area contributed by atoms with E-state index in [9.17, 15) is 9.59 Å². The zero-order chi connectivity index (χ0) is 18.1. The summed E-state index contributed by atoms with van der Waals surface area (Å²) in [6.07, 6.45) is 3.44. The second-order valence-corrected chi connectivity index (χ2v) is 7.15. The van der Waals surface area contributed by atoms with Crippen molar-refractivity contribution in [3.05, 3.63) is 39.1 Å². The molecule has 0 heterocycles. The Bertz CT molecular complexity index is 686. The molecule has 128 valence electrons. The highest BCUT2D eigenvalue weighted by molar-refractivity contribution is 14.1. The smallest absolute Gasteiger partial charge is 0.326 e. The molecule has 6 nitrogen and oxygen atoms in total. The topological polar surface area (TPSA) is 102 Å². The van der Waals surface area contributed by atoms with Crippen LogP contribution in [0.2, 0.25) is 0 Å². The van der Waals surface area contributed by atoms with Crippen LogP contribution in [0.1, 0.15) is 12.0 Å². The summed E-state index contributed by atoms with van der Waals surface area (Å²) in [5, 5.41) is 23.6. The number of aryl methyl sites for hydroxylation is 1. The van der Waals surface area contributed by atoms with E-state index in [2.05, 4.69) is 33.2 Å². The van der Waals surface area contributed by atoms with E-state index in [1.807, 2.05) is 25.3 Å². The Kier molecular flexibility index (Phi) is 8.63. The summed E-state index contributed by atoms with van der Waals surface area (Å²) < 4.78 is 1.04. The Morgan fingerprint density at radius 2 is 2.21 bits per heavy atom. The molecule has 1 amide bonds. The molecule has 1 rings (SSSR count). The number of aliphatic carboxylic acids is 1. The molecule has 0 spiro atoms. The van der Waals surface area contributed by atoms with Crippen LogP contribution in [0.15, 0.2) is 30.0 Å². The Morgan fingerprint density at radius 3 is 2.75 bits per heavy atom. The monoisotopic (exact) mass is 459 g/mol. The van der Waals surface area contributed by atoms with E-state index in [0.717, 1.165) is 15.3 Å². The maximum absolute atomic E-state index is 12.2. The number of rotatable bonds is 8. The highest BCUT2D eigenvalue weighted by Crippen LogP contribution is 2.18. The normalized spacial score (nSPS) is 12.2. The lowest BCUT2D eigenvalue weighted by molar-refractivity contribution is -0.139. The van der Waals surface area contributed by atoms with E-state index in [1.165, 1.54) is 11.8 Å². The lowest BCUT2D eigenvalue weighted by atomic mass is 10.2. The van der Waals surface area contributed by atoms with Crippen LogP contribution in [0.25, 0.3) is 0 Å². The van der Waals surface area contributed by atoms with E-state index >= 15 is 0 Å². The van der Waals surface area contributed by atoms with Gasteiger partial charge in [-0.3, -0.25) is 4.79 Å². The molecular weight excluding hydrogens is 441 g/mol. The van der Waals surface area contributed by atoms with E-state index in [4.69, 9.17) is 10.4 Å². The molecule has 0 bridgehead atoms. The Balaban J connectivity index is 2.81. The molecule has 1 aromatic carbocycles. The number of nitrogens with one attached hydrogen (secondary N) is 2. The Morgan fingerprint density at radius 1 is 1.50 bits per heavy atom. The second kappa shape index (κ2) is 10.2. The molecule has 0 saturated carbocycles. The van der Waals surface area contributed by atoms with Gasteiger partial charge in [-0.2, -0.15) is 17.0 Å². The Labute approximate surface area is 158 Å². The van der Waals surface area contributed by atoms with Gasteiger partial charge in [0, 0.05) is 15.5 Å². The minimum atomic E-state index is -1.02. The van der Waals surface area contributed by atoms with Crippen molar-refractivity contribution in [2.75, 3.05) is 17.3 Å². The number of benzene rings is 1. The van der Waals surface area contributed by atoms with Gasteiger partial charge in [0.05, 0.1) is 0 Å². The third-order valence-corrected chi connectivity index (χ3v) is 4.45. The largest absolute Gasteiger partial charge is 0.480 e. The van der Waals surface area contributed by atoms with E-state index in [-0.39, 0.29) is 5.57 Å². The van der Waals surface area contributed by atoms with Gasteiger partial charge >= 0.3 is 5.97 Å². The lowest BCUT2D eigenvalue weighted by Gasteiger charge is -2.12. The fourth-order valence-corrected chi connectivity index (χ4v) is 2.92. The highest BCUT2D eigenvalue weighted by Gasteiger charge is 2.17. The third-order valence-electron chi connectivity index (χ3n) is 3.14. The van der Waals surface area contributed by atoms with E-state index < -0.39 is 17.9 Å². The number of nitrogens with zero attached hydrogens (tertiary/aromatic N) is 1. The standard InChI is InChI=1S/C16H18IN3O3S/c1-10-7-12(17)3-4-13(10)20-15(21)11(8-18)9-19-14(16(22)23)5-6-24-2/h3-4,7,9,14,19H,5-6H2,1-2H3,(H,20,21)(H,22,23)/b11-9-. The maximum Gasteiger partial charge on any atom is 0.326 e. The van der Waals surface area contributed by atoms with E-state index in [1.54, 1.807) is 12.1 Å². The number of halogens is 1. The first-order chi connectivity index (χ1) is 11.4. The first-order valence-electron chi connectivity index (χ1n) is 7.04. The van der Waals surface area contributed by atoms with Gasteiger partial charge in [-0.05, 0) is 71.7 Å². The summed E-state index contributed by atoms with van der Waals surface area (Å²) in [5.41, 5.74) is 1.31. The van der Waals surface area contributed by atoms with Crippen LogP contribution in [-0.4, -0.2) is 35.0 Å². The summed E-state index contributed by atoms with van der Waals surface area (Å²) in [7, 11) is 0. The van der Waals surface area contributed by atoms with Gasteiger partial charge in [-0.1, -0.05) is 0 Å². The van der Waals surface area contributed by atoms with Gasteiger partial charge in [0.1, 0.15) is 17.7 Å². The predicted molar refractivity (Wildman–Crippen MR) is 104 cm³/mol. The minimum absolute atomic E-state index is 0.177. The zero-order valence-electron chi connectivity index (χ0n) is 13.3. The van der Waals surface area contributed by atoms with Crippen LogP contribution in [0.5, 0.6) is 0 Å². The lowest BCUT2D eigenvalue weighted by Crippen LogP contribution is -2.34. The van der Waals surface area contributed by atoms with Crippen LogP contribution in [0.3, 0.4) is 0 Å². The van der Waals surface area contributed by atoms with Crippen molar-refractivity contribution < 1.29 is 14.7 Å². The molecule has 8 heteroatoms. The van der Waals surface area contributed by atoms with Crippen LogP contribution in [0, 0.1) is 21.8 Å². The molecule has 0 radical (unpaired) electrons. The van der Waals surface area contributed by atoms with Crippen molar-refractivity contribution in [3.63, 3.8) is 0 Å². The van der Waals surface area contributed by atoms with Crippen molar-refractivity contribution in [1.82, 2.24) is 5.32 Å². The number of thioether (sulfide) groups is 1. The Hall–Kier alpha value is -1.73.